The lowest BCUT2D eigenvalue weighted by Crippen LogP contribution is -2.32. The van der Waals surface area contributed by atoms with E-state index in [1.54, 1.807) is 0 Å². The van der Waals surface area contributed by atoms with E-state index in [-0.39, 0.29) is 5.56 Å². The summed E-state index contributed by atoms with van der Waals surface area (Å²) in [6, 6.07) is 5.06. The second-order valence-corrected chi connectivity index (χ2v) is 8.44. The molecule has 0 saturated heterocycles. The zero-order valence-corrected chi connectivity index (χ0v) is 19.9. The molecule has 0 atom stereocenters. The van der Waals surface area contributed by atoms with Crippen LogP contribution in [0.1, 0.15) is 39.2 Å². The molecule has 1 aromatic heterocycles. The van der Waals surface area contributed by atoms with E-state index in [4.69, 9.17) is 18.9 Å². The first-order valence-corrected chi connectivity index (χ1v) is 11.3. The smallest absolute Gasteiger partial charge is 0.325 e. The van der Waals surface area contributed by atoms with Crippen LogP contribution >= 0.6 is 11.3 Å². The van der Waals surface area contributed by atoms with Crippen LogP contribution in [0.5, 0.6) is 17.2 Å². The third-order valence-electron chi connectivity index (χ3n) is 5.22. The molecule has 34 heavy (non-hydrogen) atoms. The second-order valence-electron chi connectivity index (χ2n) is 7.33. The molecule has 1 heterocycles. The maximum atomic E-state index is 12.5. The average Bonchev–Trinajstić information content (AvgIpc) is 3.21. The van der Waals surface area contributed by atoms with Crippen molar-refractivity contribution in [1.82, 2.24) is 5.32 Å². The van der Waals surface area contributed by atoms with Crippen LogP contribution in [0.2, 0.25) is 0 Å². The highest BCUT2D eigenvalue weighted by Crippen LogP contribution is 2.38. The van der Waals surface area contributed by atoms with Gasteiger partial charge in [-0.05, 0) is 43.4 Å². The van der Waals surface area contributed by atoms with Gasteiger partial charge in [0.2, 0.25) is 5.75 Å². The molecule has 3 rings (SSSR count). The minimum atomic E-state index is -0.790. The number of methoxy groups -OCH3 is 3. The van der Waals surface area contributed by atoms with Crippen LogP contribution < -0.4 is 24.8 Å². The van der Waals surface area contributed by atoms with Gasteiger partial charge in [0.1, 0.15) is 17.6 Å². The fourth-order valence-corrected chi connectivity index (χ4v) is 4.85. The first kappa shape index (κ1) is 24.9. The monoisotopic (exact) mass is 487 g/mol. The topological polar surface area (TPSA) is 136 Å². The third-order valence-corrected chi connectivity index (χ3v) is 6.43. The van der Waals surface area contributed by atoms with Crippen LogP contribution in [0.15, 0.2) is 12.1 Å². The fourth-order valence-electron chi connectivity index (χ4n) is 3.60. The van der Waals surface area contributed by atoms with Gasteiger partial charge in [0.15, 0.2) is 18.1 Å². The van der Waals surface area contributed by atoms with Crippen molar-refractivity contribution < 1.29 is 33.3 Å². The molecule has 1 aromatic carbocycles. The Hall–Kier alpha value is -3.78. The van der Waals surface area contributed by atoms with Crippen LogP contribution in [0.25, 0.3) is 0 Å². The minimum Gasteiger partial charge on any atom is -0.493 e. The molecule has 2 aromatic rings. The summed E-state index contributed by atoms with van der Waals surface area (Å²) in [5.41, 5.74) is 1.67. The highest BCUT2D eigenvalue weighted by Gasteiger charge is 2.22. The SMILES string of the molecule is COc1cc(C(=O)NCC(=O)OCC(=O)Nc2sc3c(c2C#N)CCCC3)cc(OC)c1OC. The molecular weight excluding hydrogens is 462 g/mol. The number of hydrogen-bond acceptors (Lipinski definition) is 9. The largest absolute Gasteiger partial charge is 0.493 e. The number of nitrogens with one attached hydrogen (secondary N) is 2. The van der Waals surface area contributed by atoms with Crippen molar-refractivity contribution in [3.63, 3.8) is 0 Å². The number of nitriles is 1. The number of thiophene rings is 1. The Labute approximate surface area is 200 Å². The third kappa shape index (κ3) is 5.58. The Morgan fingerprint density at radius 3 is 2.35 bits per heavy atom. The predicted molar refractivity (Wildman–Crippen MR) is 124 cm³/mol. The Morgan fingerprint density at radius 1 is 1.06 bits per heavy atom. The number of amides is 2. The zero-order chi connectivity index (χ0) is 24.7. The van der Waals surface area contributed by atoms with E-state index < -0.39 is 30.9 Å². The molecule has 11 heteroatoms. The van der Waals surface area contributed by atoms with E-state index in [0.717, 1.165) is 36.1 Å². The van der Waals surface area contributed by atoms with Gasteiger partial charge in [-0.2, -0.15) is 5.26 Å². The summed E-state index contributed by atoms with van der Waals surface area (Å²) in [6.07, 6.45) is 3.80. The summed E-state index contributed by atoms with van der Waals surface area (Å²) >= 11 is 1.39. The molecular formula is C23H25N3O7S. The number of aryl methyl sites for hydroxylation is 1. The summed E-state index contributed by atoms with van der Waals surface area (Å²) in [4.78, 5) is 37.8. The number of rotatable bonds is 9. The van der Waals surface area contributed by atoms with Crippen molar-refractivity contribution in [3.05, 3.63) is 33.7 Å². The van der Waals surface area contributed by atoms with E-state index in [9.17, 15) is 19.6 Å². The van der Waals surface area contributed by atoms with E-state index in [0.29, 0.717) is 27.8 Å². The van der Waals surface area contributed by atoms with E-state index in [1.165, 1.54) is 44.8 Å². The Bertz CT molecular complexity index is 1110. The molecule has 0 unspecified atom stereocenters. The van der Waals surface area contributed by atoms with Gasteiger partial charge in [0, 0.05) is 10.4 Å². The lowest BCUT2D eigenvalue weighted by Gasteiger charge is -2.14. The Balaban J connectivity index is 1.52. The van der Waals surface area contributed by atoms with Crippen molar-refractivity contribution in [2.75, 3.05) is 39.8 Å². The van der Waals surface area contributed by atoms with Crippen molar-refractivity contribution >= 4 is 34.1 Å². The number of carbonyl (C=O) groups excluding carboxylic acids is 3. The van der Waals surface area contributed by atoms with Crippen molar-refractivity contribution in [1.29, 1.82) is 5.26 Å². The lowest BCUT2D eigenvalue weighted by atomic mass is 9.96. The predicted octanol–water partition coefficient (Wildman–Crippen LogP) is 2.44. The normalized spacial score (nSPS) is 12.1. The molecule has 2 amide bonds. The first-order valence-electron chi connectivity index (χ1n) is 10.5. The average molecular weight is 488 g/mol. The number of hydrogen-bond donors (Lipinski definition) is 2. The standard InChI is InChI=1S/C23H25N3O7S/c1-30-16-8-13(9-17(31-2)21(16)32-3)22(29)25-11-20(28)33-12-19(27)26-23-15(10-24)14-6-4-5-7-18(14)34-23/h8-9H,4-7,11-12H2,1-3H3,(H,25,29)(H,26,27). The second kappa shape index (κ2) is 11.4. The van der Waals surface area contributed by atoms with Gasteiger partial charge in [-0.15, -0.1) is 11.3 Å². The molecule has 2 N–H and O–H groups in total. The summed E-state index contributed by atoms with van der Waals surface area (Å²) in [5.74, 6) is -1.00. The summed E-state index contributed by atoms with van der Waals surface area (Å²) < 4.78 is 20.6. The van der Waals surface area contributed by atoms with Crippen molar-refractivity contribution in [3.8, 4) is 23.3 Å². The van der Waals surface area contributed by atoms with Gasteiger partial charge in [-0.3, -0.25) is 14.4 Å². The Morgan fingerprint density at radius 2 is 1.74 bits per heavy atom. The zero-order valence-electron chi connectivity index (χ0n) is 19.1. The van der Waals surface area contributed by atoms with Crippen LogP contribution in [0, 0.1) is 11.3 Å². The number of nitrogens with zero attached hydrogens (tertiary/aromatic N) is 1. The number of anilines is 1. The summed E-state index contributed by atoms with van der Waals surface area (Å²) in [7, 11) is 4.29. The van der Waals surface area contributed by atoms with E-state index in [1.807, 2.05) is 0 Å². The number of fused-ring (bicyclic) bond motifs is 1. The number of esters is 1. The molecule has 1 aliphatic rings. The summed E-state index contributed by atoms with van der Waals surface area (Å²) in [5, 5.41) is 15.0. The van der Waals surface area contributed by atoms with Crippen LogP contribution in [0.4, 0.5) is 5.00 Å². The maximum absolute atomic E-state index is 12.5. The van der Waals surface area contributed by atoms with Gasteiger partial charge in [-0.25, -0.2) is 0 Å². The Kier molecular flexibility index (Phi) is 8.32. The molecule has 0 saturated carbocycles. The maximum Gasteiger partial charge on any atom is 0.325 e. The summed E-state index contributed by atoms with van der Waals surface area (Å²) in [6.45, 7) is -0.980. The van der Waals surface area contributed by atoms with Gasteiger partial charge in [0.25, 0.3) is 11.8 Å². The van der Waals surface area contributed by atoms with Crippen LogP contribution in [-0.2, 0) is 27.2 Å². The highest BCUT2D eigenvalue weighted by atomic mass is 32.1. The number of ether oxygens (including phenoxy) is 4. The molecule has 0 bridgehead atoms. The number of benzene rings is 1. The minimum absolute atomic E-state index is 0.186. The number of carbonyl (C=O) groups is 3. The van der Waals surface area contributed by atoms with Gasteiger partial charge in [0.05, 0.1) is 26.9 Å². The van der Waals surface area contributed by atoms with Crippen LogP contribution in [0.3, 0.4) is 0 Å². The molecule has 0 spiro atoms. The van der Waals surface area contributed by atoms with Gasteiger partial charge < -0.3 is 29.6 Å². The molecule has 180 valence electrons. The fraction of sp³-hybridized carbons (Fsp3) is 0.391. The molecule has 0 aliphatic heterocycles. The van der Waals surface area contributed by atoms with Gasteiger partial charge >= 0.3 is 5.97 Å². The highest BCUT2D eigenvalue weighted by molar-refractivity contribution is 7.16. The molecule has 10 nitrogen and oxygen atoms in total. The quantitative estimate of drug-likeness (QED) is 0.515. The lowest BCUT2D eigenvalue weighted by molar-refractivity contribution is -0.146. The van der Waals surface area contributed by atoms with E-state index >= 15 is 0 Å². The van der Waals surface area contributed by atoms with Crippen LogP contribution in [-0.4, -0.2) is 52.3 Å². The van der Waals surface area contributed by atoms with E-state index in [2.05, 4.69) is 16.7 Å². The molecule has 0 fully saturated rings. The van der Waals surface area contributed by atoms with Gasteiger partial charge in [-0.1, -0.05) is 0 Å². The first-order chi connectivity index (χ1) is 16.4. The van der Waals surface area contributed by atoms with Crippen molar-refractivity contribution in [2.45, 2.75) is 25.7 Å². The molecule has 1 aliphatic carbocycles. The van der Waals surface area contributed by atoms with Crippen molar-refractivity contribution in [2.24, 2.45) is 0 Å². The molecule has 0 radical (unpaired) electrons.